The molecule has 1 aromatic heterocycles. The van der Waals surface area contributed by atoms with E-state index in [1.165, 1.54) is 13.2 Å². The SMILES string of the molecule is COc1ccc(Cl)cc1C(=O)NC1CCN(c2cc(C(F)(F)F)ncn2)CC1. The standard InChI is InChI=1S/C18H18ClF3N4O2/c1-28-14-3-2-11(19)8-13(14)17(27)25-12-4-6-26(7-5-12)16-9-15(18(20,21)22)23-10-24-16/h2-3,8-10,12H,4-7H2,1H3,(H,25,27). The molecule has 1 amide bonds. The summed E-state index contributed by atoms with van der Waals surface area (Å²) in [5.41, 5.74) is -0.635. The number of methoxy groups -OCH3 is 1. The van der Waals surface area contributed by atoms with Gasteiger partial charge >= 0.3 is 6.18 Å². The number of nitrogens with one attached hydrogen (secondary N) is 1. The molecule has 10 heteroatoms. The average Bonchev–Trinajstić information content (AvgIpc) is 2.68. The number of hydrogen-bond acceptors (Lipinski definition) is 5. The topological polar surface area (TPSA) is 67.3 Å². The third-order valence-electron chi connectivity index (χ3n) is 4.50. The Bertz CT molecular complexity index is 855. The van der Waals surface area contributed by atoms with Crippen molar-refractivity contribution < 1.29 is 22.7 Å². The Hall–Kier alpha value is -2.55. The maximum atomic E-state index is 12.8. The van der Waals surface area contributed by atoms with E-state index in [4.69, 9.17) is 16.3 Å². The second-order valence-corrected chi connectivity index (χ2v) is 6.78. The number of piperidine rings is 1. The number of alkyl halides is 3. The second kappa shape index (κ2) is 8.22. The Labute approximate surface area is 164 Å². The Morgan fingerprint density at radius 3 is 2.61 bits per heavy atom. The fourth-order valence-electron chi connectivity index (χ4n) is 3.05. The quantitative estimate of drug-likeness (QED) is 0.828. The molecule has 6 nitrogen and oxygen atoms in total. The van der Waals surface area contributed by atoms with Gasteiger partial charge in [-0.3, -0.25) is 4.79 Å². The molecule has 1 fully saturated rings. The zero-order valence-corrected chi connectivity index (χ0v) is 15.7. The highest BCUT2D eigenvalue weighted by Crippen LogP contribution is 2.30. The number of rotatable bonds is 4. The number of nitrogens with zero attached hydrogens (tertiary/aromatic N) is 3. The number of anilines is 1. The largest absolute Gasteiger partial charge is 0.496 e. The number of halogens is 4. The van der Waals surface area contributed by atoms with E-state index in [0.29, 0.717) is 42.3 Å². The van der Waals surface area contributed by atoms with Crippen LogP contribution < -0.4 is 15.0 Å². The van der Waals surface area contributed by atoms with Crippen molar-refractivity contribution in [3.05, 3.63) is 46.9 Å². The minimum absolute atomic E-state index is 0.114. The molecule has 1 aliphatic heterocycles. The van der Waals surface area contributed by atoms with Gasteiger partial charge in [-0.1, -0.05) is 11.6 Å². The minimum Gasteiger partial charge on any atom is -0.496 e. The van der Waals surface area contributed by atoms with Gasteiger partial charge in [0.25, 0.3) is 5.91 Å². The molecule has 0 aliphatic carbocycles. The van der Waals surface area contributed by atoms with Gasteiger partial charge in [0.15, 0.2) is 0 Å². The lowest BCUT2D eigenvalue weighted by Crippen LogP contribution is -2.45. The molecule has 0 bridgehead atoms. The van der Waals surface area contributed by atoms with Crippen molar-refractivity contribution in [3.63, 3.8) is 0 Å². The van der Waals surface area contributed by atoms with Crippen molar-refractivity contribution in [1.82, 2.24) is 15.3 Å². The zero-order valence-electron chi connectivity index (χ0n) is 15.0. The van der Waals surface area contributed by atoms with Crippen LogP contribution in [0.25, 0.3) is 0 Å². The van der Waals surface area contributed by atoms with Crippen LogP contribution in [-0.2, 0) is 6.18 Å². The highest BCUT2D eigenvalue weighted by atomic mass is 35.5. The van der Waals surface area contributed by atoms with Crippen LogP contribution in [-0.4, -0.2) is 42.1 Å². The van der Waals surface area contributed by atoms with Crippen LogP contribution in [0.3, 0.4) is 0 Å². The maximum absolute atomic E-state index is 12.8. The molecule has 0 spiro atoms. The summed E-state index contributed by atoms with van der Waals surface area (Å²) in [6.45, 7) is 0.928. The number of carbonyl (C=O) groups is 1. The first kappa shape index (κ1) is 20.2. The first-order valence-electron chi connectivity index (χ1n) is 8.56. The predicted octanol–water partition coefficient (Wildman–Crippen LogP) is 3.56. The molecule has 1 aliphatic rings. The first-order chi connectivity index (χ1) is 13.3. The van der Waals surface area contributed by atoms with E-state index in [9.17, 15) is 18.0 Å². The lowest BCUT2D eigenvalue weighted by molar-refractivity contribution is -0.141. The van der Waals surface area contributed by atoms with Gasteiger partial charge in [-0.05, 0) is 31.0 Å². The summed E-state index contributed by atoms with van der Waals surface area (Å²) in [7, 11) is 1.47. The molecule has 150 valence electrons. The molecule has 0 unspecified atom stereocenters. The molecule has 1 saturated heterocycles. The summed E-state index contributed by atoms with van der Waals surface area (Å²) in [6, 6.07) is 5.61. The van der Waals surface area contributed by atoms with Crippen molar-refractivity contribution in [2.75, 3.05) is 25.1 Å². The normalized spacial score (nSPS) is 15.4. The Morgan fingerprint density at radius 1 is 1.25 bits per heavy atom. The third kappa shape index (κ3) is 4.64. The zero-order chi connectivity index (χ0) is 20.3. The Balaban J connectivity index is 1.62. The van der Waals surface area contributed by atoms with E-state index in [0.717, 1.165) is 12.4 Å². The summed E-state index contributed by atoms with van der Waals surface area (Å²) in [5, 5.41) is 3.35. The molecule has 2 aromatic rings. The van der Waals surface area contributed by atoms with Crippen LogP contribution in [0.1, 0.15) is 28.9 Å². The van der Waals surface area contributed by atoms with Crippen molar-refractivity contribution >= 4 is 23.3 Å². The van der Waals surface area contributed by atoms with Crippen LogP contribution in [0, 0.1) is 0 Å². The van der Waals surface area contributed by atoms with Crippen LogP contribution in [0.5, 0.6) is 5.75 Å². The van der Waals surface area contributed by atoms with Crippen LogP contribution in [0.15, 0.2) is 30.6 Å². The maximum Gasteiger partial charge on any atom is 0.433 e. The Kier molecular flexibility index (Phi) is 5.93. The van der Waals surface area contributed by atoms with Gasteiger partial charge < -0.3 is 15.0 Å². The molecule has 28 heavy (non-hydrogen) atoms. The van der Waals surface area contributed by atoms with Crippen molar-refractivity contribution in [2.24, 2.45) is 0 Å². The van der Waals surface area contributed by atoms with E-state index < -0.39 is 11.9 Å². The van der Waals surface area contributed by atoms with E-state index in [-0.39, 0.29) is 17.8 Å². The van der Waals surface area contributed by atoms with E-state index >= 15 is 0 Å². The molecular weight excluding hydrogens is 397 g/mol. The summed E-state index contributed by atoms with van der Waals surface area (Å²) >= 11 is 5.96. The number of carbonyl (C=O) groups excluding carboxylic acids is 1. The monoisotopic (exact) mass is 414 g/mol. The highest BCUT2D eigenvalue weighted by Gasteiger charge is 2.33. The van der Waals surface area contributed by atoms with Gasteiger partial charge in [0.1, 0.15) is 23.6 Å². The lowest BCUT2D eigenvalue weighted by atomic mass is 10.0. The number of ether oxygens (including phenoxy) is 1. The molecule has 1 N–H and O–H groups in total. The molecule has 0 radical (unpaired) electrons. The van der Waals surface area contributed by atoms with Crippen LogP contribution in [0.4, 0.5) is 19.0 Å². The predicted molar refractivity (Wildman–Crippen MR) is 97.7 cm³/mol. The second-order valence-electron chi connectivity index (χ2n) is 6.34. The van der Waals surface area contributed by atoms with E-state index in [1.807, 2.05) is 0 Å². The van der Waals surface area contributed by atoms with Crippen molar-refractivity contribution in [1.29, 1.82) is 0 Å². The van der Waals surface area contributed by atoms with Gasteiger partial charge in [-0.15, -0.1) is 0 Å². The summed E-state index contributed by atoms with van der Waals surface area (Å²) in [4.78, 5) is 21.5. The minimum atomic E-state index is -4.51. The van der Waals surface area contributed by atoms with Crippen molar-refractivity contribution in [3.8, 4) is 5.75 Å². The van der Waals surface area contributed by atoms with Crippen LogP contribution >= 0.6 is 11.6 Å². The number of benzene rings is 1. The van der Waals surface area contributed by atoms with Crippen LogP contribution in [0.2, 0.25) is 5.02 Å². The van der Waals surface area contributed by atoms with Gasteiger partial charge in [0, 0.05) is 30.2 Å². The molecule has 0 atom stereocenters. The van der Waals surface area contributed by atoms with Gasteiger partial charge in [0.2, 0.25) is 0 Å². The molecule has 2 heterocycles. The molecule has 1 aromatic carbocycles. The van der Waals surface area contributed by atoms with Gasteiger partial charge in [-0.2, -0.15) is 13.2 Å². The van der Waals surface area contributed by atoms with Gasteiger partial charge in [0.05, 0.1) is 12.7 Å². The number of aromatic nitrogens is 2. The van der Waals surface area contributed by atoms with Crippen molar-refractivity contribution in [2.45, 2.75) is 25.1 Å². The number of hydrogen-bond donors (Lipinski definition) is 1. The lowest BCUT2D eigenvalue weighted by Gasteiger charge is -2.33. The summed E-state index contributed by atoms with van der Waals surface area (Å²) in [5.74, 6) is 0.336. The smallest absolute Gasteiger partial charge is 0.433 e. The fraction of sp³-hybridized carbons (Fsp3) is 0.389. The number of amides is 1. The average molecular weight is 415 g/mol. The molecule has 3 rings (SSSR count). The Morgan fingerprint density at radius 2 is 1.96 bits per heavy atom. The third-order valence-corrected chi connectivity index (χ3v) is 4.74. The highest BCUT2D eigenvalue weighted by molar-refractivity contribution is 6.31. The summed E-state index contributed by atoms with van der Waals surface area (Å²) in [6.07, 6.45) is -2.46. The molecule has 0 saturated carbocycles. The van der Waals surface area contributed by atoms with E-state index in [1.54, 1.807) is 17.0 Å². The summed E-state index contributed by atoms with van der Waals surface area (Å²) < 4.78 is 43.6. The fourth-order valence-corrected chi connectivity index (χ4v) is 3.22. The molecular formula is C18H18ClF3N4O2. The first-order valence-corrected chi connectivity index (χ1v) is 8.94. The van der Waals surface area contributed by atoms with Gasteiger partial charge in [-0.25, -0.2) is 9.97 Å². The van der Waals surface area contributed by atoms with E-state index in [2.05, 4.69) is 15.3 Å².